The molecule has 17 heavy (non-hydrogen) atoms. The van der Waals surface area contributed by atoms with E-state index in [4.69, 9.17) is 0 Å². The van der Waals surface area contributed by atoms with Crippen molar-refractivity contribution in [2.24, 2.45) is 0 Å². The highest BCUT2D eigenvalue weighted by atomic mass is 15.3. The van der Waals surface area contributed by atoms with Crippen LogP contribution >= 0.6 is 0 Å². The Hall–Kier alpha value is -1.49. The Morgan fingerprint density at radius 3 is 3.24 bits per heavy atom. The molecule has 2 aromatic heterocycles. The first-order valence-corrected chi connectivity index (χ1v) is 6.29. The van der Waals surface area contributed by atoms with E-state index < -0.39 is 0 Å². The van der Waals surface area contributed by atoms with E-state index in [9.17, 15) is 0 Å². The molecule has 5 nitrogen and oxygen atoms in total. The van der Waals surface area contributed by atoms with Crippen molar-refractivity contribution in [2.75, 3.05) is 13.1 Å². The van der Waals surface area contributed by atoms with Gasteiger partial charge in [-0.1, -0.05) is 6.92 Å². The second-order valence-corrected chi connectivity index (χ2v) is 4.51. The molecule has 90 valence electrons. The first-order valence-electron chi connectivity index (χ1n) is 6.29. The monoisotopic (exact) mass is 231 g/mol. The van der Waals surface area contributed by atoms with Crippen LogP contribution in [0.4, 0.5) is 0 Å². The average molecular weight is 231 g/mol. The molecule has 0 amide bonds. The van der Waals surface area contributed by atoms with Crippen LogP contribution in [0.15, 0.2) is 12.3 Å². The van der Waals surface area contributed by atoms with Gasteiger partial charge in [-0.15, -0.1) is 5.10 Å². The number of hydrogen-bond donors (Lipinski definition) is 1. The van der Waals surface area contributed by atoms with Crippen LogP contribution in [0, 0.1) is 0 Å². The van der Waals surface area contributed by atoms with Gasteiger partial charge in [-0.05, 0) is 25.5 Å². The lowest BCUT2D eigenvalue weighted by atomic mass is 9.96. The number of piperidine rings is 1. The molecular formula is C12H17N5. The Bertz CT molecular complexity index is 513. The van der Waals surface area contributed by atoms with E-state index in [1.807, 2.05) is 10.7 Å². The van der Waals surface area contributed by atoms with E-state index in [2.05, 4.69) is 33.4 Å². The van der Waals surface area contributed by atoms with Gasteiger partial charge in [-0.3, -0.25) is 0 Å². The topological polar surface area (TPSA) is 55.1 Å². The van der Waals surface area contributed by atoms with Crippen molar-refractivity contribution in [3.05, 3.63) is 23.8 Å². The molecule has 3 heterocycles. The summed E-state index contributed by atoms with van der Waals surface area (Å²) in [5, 5.41) is 7.96. The van der Waals surface area contributed by atoms with Crippen LogP contribution in [0.5, 0.6) is 0 Å². The highest BCUT2D eigenvalue weighted by molar-refractivity contribution is 5.30. The lowest BCUT2D eigenvalue weighted by molar-refractivity contribution is 0.448. The van der Waals surface area contributed by atoms with Crippen LogP contribution in [0.2, 0.25) is 0 Å². The fourth-order valence-electron chi connectivity index (χ4n) is 2.42. The molecule has 1 unspecified atom stereocenters. The number of hydrogen-bond acceptors (Lipinski definition) is 4. The Kier molecular flexibility index (Phi) is 2.76. The van der Waals surface area contributed by atoms with Gasteiger partial charge in [0.05, 0.1) is 5.69 Å². The van der Waals surface area contributed by atoms with Crippen molar-refractivity contribution in [3.8, 4) is 0 Å². The van der Waals surface area contributed by atoms with Crippen LogP contribution in [-0.2, 0) is 6.42 Å². The fourth-order valence-corrected chi connectivity index (χ4v) is 2.42. The summed E-state index contributed by atoms with van der Waals surface area (Å²) in [6, 6.07) is 2.07. The molecular weight excluding hydrogens is 214 g/mol. The van der Waals surface area contributed by atoms with E-state index in [0.29, 0.717) is 5.92 Å². The minimum atomic E-state index is 0.528. The van der Waals surface area contributed by atoms with E-state index in [-0.39, 0.29) is 0 Å². The van der Waals surface area contributed by atoms with E-state index >= 15 is 0 Å². The molecule has 1 N–H and O–H groups in total. The number of aromatic nitrogens is 4. The number of aryl methyl sites for hydroxylation is 1. The molecule has 1 aliphatic rings. The molecule has 0 spiro atoms. The quantitative estimate of drug-likeness (QED) is 0.842. The summed E-state index contributed by atoms with van der Waals surface area (Å²) in [6.07, 6.45) is 5.14. The second kappa shape index (κ2) is 4.41. The average Bonchev–Trinajstić information content (AvgIpc) is 2.82. The zero-order valence-corrected chi connectivity index (χ0v) is 10.1. The lowest BCUT2D eigenvalue weighted by Crippen LogP contribution is -2.29. The smallest absolute Gasteiger partial charge is 0.252 e. The van der Waals surface area contributed by atoms with Crippen molar-refractivity contribution < 1.29 is 0 Å². The molecule has 1 atom stereocenters. The van der Waals surface area contributed by atoms with Gasteiger partial charge in [-0.2, -0.15) is 4.98 Å². The van der Waals surface area contributed by atoms with Gasteiger partial charge >= 0.3 is 0 Å². The molecule has 1 aliphatic heterocycles. The fraction of sp³-hybridized carbons (Fsp3) is 0.583. The largest absolute Gasteiger partial charge is 0.316 e. The zero-order valence-electron chi connectivity index (χ0n) is 10.1. The van der Waals surface area contributed by atoms with Crippen molar-refractivity contribution in [2.45, 2.75) is 32.1 Å². The Morgan fingerprint density at radius 1 is 1.53 bits per heavy atom. The number of fused-ring (bicyclic) bond motifs is 1. The molecule has 1 saturated heterocycles. The highest BCUT2D eigenvalue weighted by Gasteiger charge is 2.19. The summed E-state index contributed by atoms with van der Waals surface area (Å²) >= 11 is 0. The molecule has 2 aromatic rings. The highest BCUT2D eigenvalue weighted by Crippen LogP contribution is 2.22. The third-order valence-corrected chi connectivity index (χ3v) is 3.35. The Labute approximate surface area is 100 Å². The Morgan fingerprint density at radius 2 is 2.47 bits per heavy atom. The number of nitrogens with zero attached hydrogens (tertiary/aromatic N) is 4. The first-order chi connectivity index (χ1) is 8.38. The van der Waals surface area contributed by atoms with Crippen molar-refractivity contribution >= 4 is 5.78 Å². The van der Waals surface area contributed by atoms with Crippen LogP contribution in [0.1, 0.15) is 37.2 Å². The summed E-state index contributed by atoms with van der Waals surface area (Å²) in [6.45, 7) is 4.22. The van der Waals surface area contributed by atoms with Crippen LogP contribution in [-0.4, -0.2) is 32.7 Å². The minimum absolute atomic E-state index is 0.528. The van der Waals surface area contributed by atoms with Crippen molar-refractivity contribution in [1.82, 2.24) is 24.9 Å². The number of rotatable bonds is 2. The maximum Gasteiger partial charge on any atom is 0.252 e. The van der Waals surface area contributed by atoms with Crippen LogP contribution in [0.25, 0.3) is 5.78 Å². The molecule has 1 fully saturated rings. The molecule has 0 radical (unpaired) electrons. The summed E-state index contributed by atoms with van der Waals surface area (Å²) in [7, 11) is 0. The summed E-state index contributed by atoms with van der Waals surface area (Å²) in [5.41, 5.74) is 1.23. The molecule has 3 rings (SSSR count). The third-order valence-electron chi connectivity index (χ3n) is 3.35. The van der Waals surface area contributed by atoms with E-state index in [1.165, 1.54) is 18.5 Å². The zero-order chi connectivity index (χ0) is 11.7. The number of nitrogens with one attached hydrogen (secondary N) is 1. The van der Waals surface area contributed by atoms with E-state index in [0.717, 1.165) is 31.1 Å². The predicted octanol–water partition coefficient (Wildman–Crippen LogP) is 1.15. The van der Waals surface area contributed by atoms with Gasteiger partial charge in [-0.25, -0.2) is 9.50 Å². The second-order valence-electron chi connectivity index (χ2n) is 4.51. The summed E-state index contributed by atoms with van der Waals surface area (Å²) in [4.78, 5) is 8.68. The molecule has 0 aliphatic carbocycles. The minimum Gasteiger partial charge on any atom is -0.316 e. The van der Waals surface area contributed by atoms with Gasteiger partial charge in [0.25, 0.3) is 5.78 Å². The van der Waals surface area contributed by atoms with Crippen LogP contribution < -0.4 is 5.32 Å². The maximum absolute atomic E-state index is 4.52. The SMILES string of the molecule is CCc1nc2nccc(C3CCCNC3)n2n1. The van der Waals surface area contributed by atoms with Gasteiger partial charge in [0, 0.05) is 25.1 Å². The molecule has 0 aromatic carbocycles. The standard InChI is InChI=1S/C12H17N5/c1-2-11-15-12-14-7-5-10(17(12)16-11)9-4-3-6-13-8-9/h5,7,9,13H,2-4,6,8H2,1H3. The normalized spacial score (nSPS) is 20.9. The maximum atomic E-state index is 4.52. The lowest BCUT2D eigenvalue weighted by Gasteiger charge is -2.22. The molecule has 0 saturated carbocycles. The molecule has 0 bridgehead atoms. The predicted molar refractivity (Wildman–Crippen MR) is 65.0 cm³/mol. The summed E-state index contributed by atoms with van der Waals surface area (Å²) in [5.74, 6) is 2.12. The third kappa shape index (κ3) is 1.91. The van der Waals surface area contributed by atoms with Gasteiger partial charge in [0.2, 0.25) is 0 Å². The van der Waals surface area contributed by atoms with Gasteiger partial charge in [0.15, 0.2) is 5.82 Å². The first kappa shape index (κ1) is 10.7. The van der Waals surface area contributed by atoms with Crippen molar-refractivity contribution in [1.29, 1.82) is 0 Å². The van der Waals surface area contributed by atoms with E-state index in [1.54, 1.807) is 0 Å². The molecule has 5 heteroatoms. The van der Waals surface area contributed by atoms with Gasteiger partial charge < -0.3 is 5.32 Å². The van der Waals surface area contributed by atoms with Crippen LogP contribution in [0.3, 0.4) is 0 Å². The van der Waals surface area contributed by atoms with Gasteiger partial charge in [0.1, 0.15) is 0 Å². The van der Waals surface area contributed by atoms with Crippen molar-refractivity contribution in [3.63, 3.8) is 0 Å². The Balaban J connectivity index is 2.05. The summed E-state index contributed by atoms with van der Waals surface area (Å²) < 4.78 is 1.91.